The molecule has 4 N–H and O–H groups in total. The van der Waals surface area contributed by atoms with E-state index in [1.807, 2.05) is 42.5 Å². The molecule has 0 bridgehead atoms. The minimum absolute atomic E-state index is 0. The number of piperidine rings is 1. The number of para-hydroxylation sites is 1. The van der Waals surface area contributed by atoms with Crippen LogP contribution in [0.15, 0.2) is 54.6 Å². The van der Waals surface area contributed by atoms with Crippen molar-refractivity contribution in [2.75, 3.05) is 18.4 Å². The summed E-state index contributed by atoms with van der Waals surface area (Å²) < 4.78 is 0. The van der Waals surface area contributed by atoms with Crippen LogP contribution in [0.25, 0.3) is 0 Å². The maximum absolute atomic E-state index is 12.3. The molecule has 0 spiro atoms. The van der Waals surface area contributed by atoms with Crippen LogP contribution in [-0.2, 0) is 6.54 Å². The lowest BCUT2D eigenvalue weighted by Crippen LogP contribution is -2.47. The zero-order valence-electron chi connectivity index (χ0n) is 15.1. The first kappa shape index (κ1) is 20.7. The second kappa shape index (κ2) is 9.94. The van der Waals surface area contributed by atoms with Crippen molar-refractivity contribution >= 4 is 30.0 Å². The minimum atomic E-state index is -0.0988. The van der Waals surface area contributed by atoms with E-state index in [4.69, 9.17) is 5.73 Å². The van der Waals surface area contributed by atoms with Crippen LogP contribution in [0.2, 0.25) is 0 Å². The Balaban J connectivity index is 0.00000261. The number of carbonyl (C=O) groups excluding carboxylic acids is 2. The molecule has 3 amide bonds. The number of amides is 3. The third kappa shape index (κ3) is 5.70. The topological polar surface area (TPSA) is 87.5 Å². The van der Waals surface area contributed by atoms with Gasteiger partial charge in [0.05, 0.1) is 0 Å². The molecule has 3 rings (SSSR count). The summed E-state index contributed by atoms with van der Waals surface area (Å²) in [6.07, 6.45) is 1.49. The second-order valence-electron chi connectivity index (χ2n) is 6.43. The molecule has 0 radical (unpaired) electrons. The Morgan fingerprint density at radius 1 is 1.00 bits per heavy atom. The lowest BCUT2D eigenvalue weighted by atomic mass is 10.0. The first-order valence-corrected chi connectivity index (χ1v) is 8.86. The number of anilines is 1. The highest BCUT2D eigenvalue weighted by atomic mass is 35.5. The van der Waals surface area contributed by atoms with Gasteiger partial charge in [-0.25, -0.2) is 4.79 Å². The highest BCUT2D eigenvalue weighted by Crippen LogP contribution is 2.14. The minimum Gasteiger partial charge on any atom is -0.349 e. The number of halogens is 1. The summed E-state index contributed by atoms with van der Waals surface area (Å²) in [5.74, 6) is -0.0826. The van der Waals surface area contributed by atoms with Crippen LogP contribution in [0.1, 0.15) is 28.8 Å². The van der Waals surface area contributed by atoms with Crippen LogP contribution >= 0.6 is 12.4 Å². The largest absolute Gasteiger partial charge is 0.349 e. The van der Waals surface area contributed by atoms with Crippen molar-refractivity contribution in [2.45, 2.75) is 25.4 Å². The van der Waals surface area contributed by atoms with Gasteiger partial charge in [-0.15, -0.1) is 12.4 Å². The standard InChI is InChI=1S/C20H24N4O2.ClH/c21-14-15-6-8-16(9-7-15)19(25)22-18-10-12-24(13-11-18)20(26)23-17-4-2-1-3-5-17;/h1-9,18H,10-14,21H2,(H,22,25)(H,23,26);1H. The van der Waals surface area contributed by atoms with E-state index in [1.165, 1.54) is 0 Å². The summed E-state index contributed by atoms with van der Waals surface area (Å²) in [6, 6.07) is 16.7. The summed E-state index contributed by atoms with van der Waals surface area (Å²) in [6.45, 7) is 1.71. The number of urea groups is 1. The average molecular weight is 389 g/mol. The molecule has 2 aromatic rings. The van der Waals surface area contributed by atoms with E-state index >= 15 is 0 Å². The number of hydrogen-bond acceptors (Lipinski definition) is 3. The van der Waals surface area contributed by atoms with Crippen LogP contribution in [0.5, 0.6) is 0 Å². The smallest absolute Gasteiger partial charge is 0.321 e. The Morgan fingerprint density at radius 2 is 1.63 bits per heavy atom. The molecular weight excluding hydrogens is 364 g/mol. The van der Waals surface area contributed by atoms with Crippen molar-refractivity contribution in [3.63, 3.8) is 0 Å². The first-order valence-electron chi connectivity index (χ1n) is 8.86. The Bertz CT molecular complexity index is 744. The molecular formula is C20H25ClN4O2. The Labute approximate surface area is 165 Å². The summed E-state index contributed by atoms with van der Waals surface area (Å²) >= 11 is 0. The SMILES string of the molecule is Cl.NCc1ccc(C(=O)NC2CCN(C(=O)Nc3ccccc3)CC2)cc1. The number of nitrogens with two attached hydrogens (primary N) is 1. The molecule has 1 aliphatic rings. The molecule has 0 aliphatic carbocycles. The Hall–Kier alpha value is -2.57. The fraction of sp³-hybridized carbons (Fsp3) is 0.300. The maximum Gasteiger partial charge on any atom is 0.321 e. The van der Waals surface area contributed by atoms with Gasteiger partial charge in [0.25, 0.3) is 5.91 Å². The third-order valence-corrected chi connectivity index (χ3v) is 4.59. The quantitative estimate of drug-likeness (QED) is 0.752. The monoisotopic (exact) mass is 388 g/mol. The van der Waals surface area contributed by atoms with Gasteiger partial charge in [-0.1, -0.05) is 30.3 Å². The number of carbonyl (C=O) groups is 2. The highest BCUT2D eigenvalue weighted by Gasteiger charge is 2.24. The molecule has 0 saturated carbocycles. The van der Waals surface area contributed by atoms with Gasteiger partial charge in [-0.05, 0) is 42.7 Å². The van der Waals surface area contributed by atoms with Crippen LogP contribution in [0.3, 0.4) is 0 Å². The fourth-order valence-electron chi connectivity index (χ4n) is 3.01. The van der Waals surface area contributed by atoms with E-state index in [2.05, 4.69) is 10.6 Å². The van der Waals surface area contributed by atoms with Crippen molar-refractivity contribution in [1.29, 1.82) is 0 Å². The zero-order valence-corrected chi connectivity index (χ0v) is 15.9. The van der Waals surface area contributed by atoms with Crippen molar-refractivity contribution in [1.82, 2.24) is 10.2 Å². The number of hydrogen-bond donors (Lipinski definition) is 3. The molecule has 0 aromatic heterocycles. The van der Waals surface area contributed by atoms with Gasteiger partial charge in [0.2, 0.25) is 0 Å². The first-order chi connectivity index (χ1) is 12.7. The fourth-order valence-corrected chi connectivity index (χ4v) is 3.01. The van der Waals surface area contributed by atoms with E-state index in [0.717, 1.165) is 24.1 Å². The molecule has 1 saturated heterocycles. The molecule has 0 atom stereocenters. The molecule has 144 valence electrons. The second-order valence-corrected chi connectivity index (χ2v) is 6.43. The molecule has 6 nitrogen and oxygen atoms in total. The normalized spacial score (nSPS) is 14.2. The van der Waals surface area contributed by atoms with Gasteiger partial charge in [0.15, 0.2) is 0 Å². The van der Waals surface area contributed by atoms with E-state index < -0.39 is 0 Å². The molecule has 7 heteroatoms. The predicted molar refractivity (Wildman–Crippen MR) is 109 cm³/mol. The maximum atomic E-state index is 12.3. The van der Waals surface area contributed by atoms with Crippen molar-refractivity contribution < 1.29 is 9.59 Å². The van der Waals surface area contributed by atoms with Crippen molar-refractivity contribution in [3.05, 3.63) is 65.7 Å². The van der Waals surface area contributed by atoms with Crippen LogP contribution in [0, 0.1) is 0 Å². The Morgan fingerprint density at radius 3 is 2.22 bits per heavy atom. The van der Waals surface area contributed by atoms with E-state index in [-0.39, 0.29) is 30.4 Å². The van der Waals surface area contributed by atoms with E-state index in [1.54, 1.807) is 17.0 Å². The summed E-state index contributed by atoms with van der Waals surface area (Å²) in [7, 11) is 0. The van der Waals surface area contributed by atoms with Crippen LogP contribution in [-0.4, -0.2) is 36.0 Å². The number of benzene rings is 2. The number of rotatable bonds is 4. The molecule has 0 unspecified atom stereocenters. The lowest BCUT2D eigenvalue weighted by molar-refractivity contribution is 0.0919. The van der Waals surface area contributed by atoms with E-state index in [0.29, 0.717) is 25.2 Å². The number of nitrogens with one attached hydrogen (secondary N) is 2. The van der Waals surface area contributed by atoms with Crippen LogP contribution < -0.4 is 16.4 Å². The van der Waals surface area contributed by atoms with Gasteiger partial charge in [0, 0.05) is 36.9 Å². The summed E-state index contributed by atoms with van der Waals surface area (Å²) in [5, 5.41) is 5.95. The van der Waals surface area contributed by atoms with Crippen LogP contribution in [0.4, 0.5) is 10.5 Å². The van der Waals surface area contributed by atoms with Gasteiger partial charge in [-0.2, -0.15) is 0 Å². The highest BCUT2D eigenvalue weighted by molar-refractivity contribution is 5.94. The summed E-state index contributed by atoms with van der Waals surface area (Å²) in [4.78, 5) is 26.4. The van der Waals surface area contributed by atoms with Crippen molar-refractivity contribution in [2.24, 2.45) is 5.73 Å². The van der Waals surface area contributed by atoms with Gasteiger partial charge < -0.3 is 21.3 Å². The van der Waals surface area contributed by atoms with Gasteiger partial charge in [0.1, 0.15) is 0 Å². The zero-order chi connectivity index (χ0) is 18.4. The molecule has 27 heavy (non-hydrogen) atoms. The number of likely N-dealkylation sites (tertiary alicyclic amines) is 1. The predicted octanol–water partition coefficient (Wildman–Crippen LogP) is 2.99. The molecule has 1 heterocycles. The molecule has 1 fully saturated rings. The average Bonchev–Trinajstić information content (AvgIpc) is 2.69. The van der Waals surface area contributed by atoms with E-state index in [9.17, 15) is 9.59 Å². The van der Waals surface area contributed by atoms with Gasteiger partial charge >= 0.3 is 6.03 Å². The van der Waals surface area contributed by atoms with Gasteiger partial charge in [-0.3, -0.25) is 4.79 Å². The molecule has 1 aliphatic heterocycles. The summed E-state index contributed by atoms with van der Waals surface area (Å²) in [5.41, 5.74) is 7.99. The molecule has 2 aromatic carbocycles. The lowest BCUT2D eigenvalue weighted by Gasteiger charge is -2.32. The van der Waals surface area contributed by atoms with Crippen molar-refractivity contribution in [3.8, 4) is 0 Å². The third-order valence-electron chi connectivity index (χ3n) is 4.59. The number of nitrogens with zero attached hydrogens (tertiary/aromatic N) is 1. The Kier molecular flexibility index (Phi) is 7.64.